The highest BCUT2D eigenvalue weighted by Gasteiger charge is 2.10. The molecule has 0 unspecified atom stereocenters. The number of fused-ring (bicyclic) bond motifs is 1. The zero-order valence-corrected chi connectivity index (χ0v) is 11.6. The number of thioether (sulfide) groups is 1. The molecule has 96 valence electrons. The Morgan fingerprint density at radius 3 is 2.78 bits per heavy atom. The van der Waals surface area contributed by atoms with Crippen LogP contribution in [0.5, 0.6) is 0 Å². The Morgan fingerprint density at radius 1 is 1.44 bits per heavy atom. The Balaban J connectivity index is 2.45. The molecule has 2 rings (SSSR count). The van der Waals surface area contributed by atoms with Crippen molar-refractivity contribution in [2.75, 3.05) is 0 Å². The molecule has 0 aliphatic rings. The second kappa shape index (κ2) is 5.06. The summed E-state index contributed by atoms with van der Waals surface area (Å²) in [4.78, 5) is 11.0. The van der Waals surface area contributed by atoms with Gasteiger partial charge < -0.3 is 9.67 Å². The minimum atomic E-state index is -0.872. The topological polar surface area (TPSA) is 42.2 Å². The third-order valence-electron chi connectivity index (χ3n) is 2.89. The Morgan fingerprint density at radius 2 is 2.17 bits per heavy atom. The number of hydrogen-bond donors (Lipinski definition) is 1. The van der Waals surface area contributed by atoms with E-state index in [0.717, 1.165) is 16.7 Å². The molecule has 0 amide bonds. The Bertz CT molecular complexity index is 587. The Labute approximate surface area is 111 Å². The van der Waals surface area contributed by atoms with Crippen LogP contribution in [0.4, 0.5) is 0 Å². The number of carbonyl (C=O) groups is 1. The smallest absolute Gasteiger partial charge is 0.335 e. The predicted octanol–water partition coefficient (Wildman–Crippen LogP) is 3.52. The lowest BCUT2D eigenvalue weighted by molar-refractivity contribution is 0.0697. The molecule has 0 aliphatic carbocycles. The van der Waals surface area contributed by atoms with Crippen molar-refractivity contribution in [3.05, 3.63) is 35.5 Å². The number of benzene rings is 1. The number of aryl methyl sites for hydroxylation is 1. The molecule has 2 aromatic rings. The summed E-state index contributed by atoms with van der Waals surface area (Å²) in [5, 5.41) is 10.7. The van der Waals surface area contributed by atoms with Gasteiger partial charge in [0.15, 0.2) is 0 Å². The maximum atomic E-state index is 11.0. The highest BCUT2D eigenvalue weighted by Crippen LogP contribution is 2.27. The van der Waals surface area contributed by atoms with E-state index in [-0.39, 0.29) is 0 Å². The van der Waals surface area contributed by atoms with Gasteiger partial charge in [-0.15, -0.1) is 0 Å². The van der Waals surface area contributed by atoms with Gasteiger partial charge in [0.2, 0.25) is 0 Å². The molecule has 1 aromatic carbocycles. The summed E-state index contributed by atoms with van der Waals surface area (Å²) in [6.45, 7) is 4.33. The largest absolute Gasteiger partial charge is 0.478 e. The molecule has 1 heterocycles. The molecule has 0 aliphatic heterocycles. The normalized spacial score (nSPS) is 11.3. The number of hydrogen-bond acceptors (Lipinski definition) is 2. The van der Waals surface area contributed by atoms with E-state index in [1.807, 2.05) is 24.9 Å². The van der Waals surface area contributed by atoms with Crippen LogP contribution in [-0.4, -0.2) is 20.9 Å². The van der Waals surface area contributed by atoms with Crippen LogP contribution in [0.2, 0.25) is 0 Å². The van der Waals surface area contributed by atoms with Crippen molar-refractivity contribution in [3.8, 4) is 0 Å². The third-order valence-corrected chi connectivity index (χ3v) is 4.04. The summed E-state index contributed by atoms with van der Waals surface area (Å²) in [6, 6.07) is 5.31. The van der Waals surface area contributed by atoms with Gasteiger partial charge in [0, 0.05) is 29.9 Å². The SMILES string of the molecule is CC(C)SCc1cn(C)c2ccc(C(=O)O)cc12. The lowest BCUT2D eigenvalue weighted by Crippen LogP contribution is -1.95. The van der Waals surface area contributed by atoms with Crippen LogP contribution in [0.3, 0.4) is 0 Å². The zero-order chi connectivity index (χ0) is 13.3. The molecule has 0 fully saturated rings. The minimum Gasteiger partial charge on any atom is -0.478 e. The van der Waals surface area contributed by atoms with Gasteiger partial charge in [0.05, 0.1) is 5.56 Å². The molecule has 1 N–H and O–H groups in total. The van der Waals surface area contributed by atoms with Gasteiger partial charge in [-0.1, -0.05) is 13.8 Å². The van der Waals surface area contributed by atoms with E-state index in [0.29, 0.717) is 10.8 Å². The second-order valence-electron chi connectivity index (χ2n) is 4.66. The molecule has 0 atom stereocenters. The molecular formula is C14H17NO2S. The summed E-state index contributed by atoms with van der Waals surface area (Å²) in [6.07, 6.45) is 2.09. The number of nitrogens with zero attached hydrogens (tertiary/aromatic N) is 1. The fraction of sp³-hybridized carbons (Fsp3) is 0.357. The zero-order valence-electron chi connectivity index (χ0n) is 10.8. The first-order valence-corrected chi connectivity index (χ1v) is 6.96. The number of rotatable bonds is 4. The minimum absolute atomic E-state index is 0.351. The predicted molar refractivity (Wildman–Crippen MR) is 76.3 cm³/mol. The summed E-state index contributed by atoms with van der Waals surface area (Å²) in [5.74, 6) is 0.0427. The van der Waals surface area contributed by atoms with E-state index < -0.39 is 5.97 Å². The van der Waals surface area contributed by atoms with Crippen LogP contribution in [0.25, 0.3) is 10.9 Å². The highest BCUT2D eigenvalue weighted by atomic mass is 32.2. The van der Waals surface area contributed by atoms with Crippen molar-refractivity contribution in [1.29, 1.82) is 0 Å². The van der Waals surface area contributed by atoms with Crippen molar-refractivity contribution in [2.24, 2.45) is 7.05 Å². The monoisotopic (exact) mass is 263 g/mol. The average molecular weight is 263 g/mol. The summed E-state index contributed by atoms with van der Waals surface area (Å²) < 4.78 is 2.05. The lowest BCUT2D eigenvalue weighted by atomic mass is 10.1. The number of aromatic nitrogens is 1. The van der Waals surface area contributed by atoms with Crippen molar-refractivity contribution in [2.45, 2.75) is 24.9 Å². The lowest BCUT2D eigenvalue weighted by Gasteiger charge is -2.03. The number of carboxylic acids is 1. The Hall–Kier alpha value is -1.42. The van der Waals surface area contributed by atoms with Crippen molar-refractivity contribution >= 4 is 28.6 Å². The van der Waals surface area contributed by atoms with Crippen LogP contribution < -0.4 is 0 Å². The molecule has 4 heteroatoms. The first kappa shape index (κ1) is 13.0. The van der Waals surface area contributed by atoms with Gasteiger partial charge in [-0.25, -0.2) is 4.79 Å². The van der Waals surface area contributed by atoms with Gasteiger partial charge in [-0.3, -0.25) is 0 Å². The van der Waals surface area contributed by atoms with E-state index in [9.17, 15) is 4.79 Å². The Kier molecular flexibility index (Phi) is 3.66. The van der Waals surface area contributed by atoms with Crippen LogP contribution in [0.1, 0.15) is 29.8 Å². The van der Waals surface area contributed by atoms with Gasteiger partial charge in [-0.05, 0) is 29.0 Å². The van der Waals surface area contributed by atoms with Gasteiger partial charge in [0.1, 0.15) is 0 Å². The summed E-state index contributed by atoms with van der Waals surface area (Å²) in [5.41, 5.74) is 2.64. The molecule has 0 bridgehead atoms. The fourth-order valence-corrected chi connectivity index (χ4v) is 2.72. The van der Waals surface area contributed by atoms with Crippen LogP contribution in [0.15, 0.2) is 24.4 Å². The fourth-order valence-electron chi connectivity index (χ4n) is 1.98. The summed E-state index contributed by atoms with van der Waals surface area (Å²) >= 11 is 1.87. The average Bonchev–Trinajstić information content (AvgIpc) is 2.63. The summed E-state index contributed by atoms with van der Waals surface area (Å²) in [7, 11) is 1.99. The van der Waals surface area contributed by atoms with Crippen molar-refractivity contribution < 1.29 is 9.90 Å². The van der Waals surface area contributed by atoms with Gasteiger partial charge in [-0.2, -0.15) is 11.8 Å². The van der Waals surface area contributed by atoms with Crippen molar-refractivity contribution in [3.63, 3.8) is 0 Å². The molecule has 0 radical (unpaired) electrons. The maximum absolute atomic E-state index is 11.0. The van der Waals surface area contributed by atoms with Gasteiger partial charge >= 0.3 is 5.97 Å². The first-order valence-electron chi connectivity index (χ1n) is 5.92. The first-order chi connectivity index (χ1) is 8.49. The van der Waals surface area contributed by atoms with E-state index in [4.69, 9.17) is 5.11 Å². The van der Waals surface area contributed by atoms with Gasteiger partial charge in [0.25, 0.3) is 0 Å². The molecule has 0 spiro atoms. The molecule has 0 saturated carbocycles. The maximum Gasteiger partial charge on any atom is 0.335 e. The quantitative estimate of drug-likeness (QED) is 0.917. The van der Waals surface area contributed by atoms with E-state index in [2.05, 4.69) is 24.6 Å². The number of carboxylic acid groups (broad SMARTS) is 1. The molecule has 3 nitrogen and oxygen atoms in total. The molecule has 1 aromatic heterocycles. The van der Waals surface area contributed by atoms with Crippen LogP contribution >= 0.6 is 11.8 Å². The van der Waals surface area contributed by atoms with E-state index in [1.54, 1.807) is 12.1 Å². The highest BCUT2D eigenvalue weighted by molar-refractivity contribution is 7.99. The van der Waals surface area contributed by atoms with Crippen LogP contribution in [-0.2, 0) is 12.8 Å². The van der Waals surface area contributed by atoms with Crippen molar-refractivity contribution in [1.82, 2.24) is 4.57 Å². The molecule has 18 heavy (non-hydrogen) atoms. The van der Waals surface area contributed by atoms with E-state index >= 15 is 0 Å². The molecular weight excluding hydrogens is 246 g/mol. The second-order valence-corrected chi connectivity index (χ2v) is 6.23. The van der Waals surface area contributed by atoms with E-state index in [1.165, 1.54) is 5.56 Å². The standard InChI is InChI=1S/C14H17NO2S/c1-9(2)18-8-11-7-15(3)13-5-4-10(14(16)17)6-12(11)13/h4-7,9H,8H2,1-3H3,(H,16,17). The number of aromatic carboxylic acids is 1. The molecule has 0 saturated heterocycles. The van der Waals surface area contributed by atoms with Crippen LogP contribution in [0, 0.1) is 0 Å². The third kappa shape index (κ3) is 2.53.